The Kier molecular flexibility index (Phi) is 3.02. The highest BCUT2D eigenvalue weighted by molar-refractivity contribution is 5.22. The Balaban J connectivity index is 3.48. The first kappa shape index (κ1) is 14.9. The molecule has 1 fully saturated rings. The molecule has 0 bridgehead atoms. The predicted octanol–water partition coefficient (Wildman–Crippen LogP) is 1.04. The zero-order valence-electron chi connectivity index (χ0n) is 12.1. The van der Waals surface area contributed by atoms with Gasteiger partial charge in [0, 0.05) is 5.41 Å². The van der Waals surface area contributed by atoms with Crippen molar-refractivity contribution < 1.29 is 14.9 Å². The second-order valence-corrected chi connectivity index (χ2v) is 6.89. The summed E-state index contributed by atoms with van der Waals surface area (Å²) in [7, 11) is 0. The van der Waals surface area contributed by atoms with E-state index >= 15 is 0 Å². The fourth-order valence-electron chi connectivity index (χ4n) is 2.95. The standard InChI is InChI=1S/C13H27NO3/c1-9(2)11(5,8-15)13(7,16)12(6,14)10(3,4)17-9/h15-16H,8,14H2,1-7H3. The Hall–Kier alpha value is -0.160. The number of aliphatic hydroxyl groups excluding tert-OH is 1. The third-order valence-corrected chi connectivity index (χ3v) is 5.49. The molecule has 0 aliphatic carbocycles. The van der Waals surface area contributed by atoms with Crippen LogP contribution < -0.4 is 5.73 Å². The summed E-state index contributed by atoms with van der Waals surface area (Å²) in [5.41, 5.74) is 1.91. The van der Waals surface area contributed by atoms with E-state index in [9.17, 15) is 10.2 Å². The third kappa shape index (κ3) is 1.51. The molecule has 0 spiro atoms. The minimum absolute atomic E-state index is 0.185. The average Bonchev–Trinajstić information content (AvgIpc) is 2.12. The zero-order valence-corrected chi connectivity index (χ0v) is 12.1. The SMILES string of the molecule is CC1(C)OC(C)(C)C(C)(CO)C(C)(O)C1(C)N. The molecule has 0 aromatic carbocycles. The molecule has 1 saturated heterocycles. The summed E-state index contributed by atoms with van der Waals surface area (Å²) in [5, 5.41) is 20.7. The Labute approximate surface area is 104 Å². The van der Waals surface area contributed by atoms with Gasteiger partial charge in [-0.05, 0) is 41.5 Å². The van der Waals surface area contributed by atoms with Gasteiger partial charge in [0.25, 0.3) is 0 Å². The van der Waals surface area contributed by atoms with Crippen LogP contribution >= 0.6 is 0 Å². The van der Waals surface area contributed by atoms with Gasteiger partial charge < -0.3 is 20.7 Å². The molecule has 17 heavy (non-hydrogen) atoms. The Morgan fingerprint density at radius 3 is 1.71 bits per heavy atom. The third-order valence-electron chi connectivity index (χ3n) is 5.49. The molecule has 3 unspecified atom stereocenters. The van der Waals surface area contributed by atoms with E-state index in [4.69, 9.17) is 10.5 Å². The van der Waals surface area contributed by atoms with Gasteiger partial charge in [-0.1, -0.05) is 6.92 Å². The lowest BCUT2D eigenvalue weighted by Gasteiger charge is -2.67. The van der Waals surface area contributed by atoms with Crippen LogP contribution in [0.15, 0.2) is 0 Å². The molecule has 0 saturated carbocycles. The van der Waals surface area contributed by atoms with Gasteiger partial charge in [0.1, 0.15) is 0 Å². The summed E-state index contributed by atoms with van der Waals surface area (Å²) in [6, 6.07) is 0. The van der Waals surface area contributed by atoms with Gasteiger partial charge in [-0.25, -0.2) is 0 Å². The number of hydrogen-bond acceptors (Lipinski definition) is 4. The van der Waals surface area contributed by atoms with Crippen LogP contribution in [0, 0.1) is 5.41 Å². The van der Waals surface area contributed by atoms with Gasteiger partial charge in [0.05, 0.1) is 28.9 Å². The first-order valence-electron chi connectivity index (χ1n) is 6.09. The van der Waals surface area contributed by atoms with Gasteiger partial charge in [-0.3, -0.25) is 0 Å². The molecule has 1 aliphatic heterocycles. The van der Waals surface area contributed by atoms with E-state index in [1.807, 2.05) is 34.6 Å². The van der Waals surface area contributed by atoms with Crippen molar-refractivity contribution in [2.75, 3.05) is 6.61 Å². The van der Waals surface area contributed by atoms with Crippen molar-refractivity contribution in [3.63, 3.8) is 0 Å². The van der Waals surface area contributed by atoms with Crippen molar-refractivity contribution in [2.45, 2.75) is 70.8 Å². The van der Waals surface area contributed by atoms with Crippen LogP contribution in [0.2, 0.25) is 0 Å². The molecule has 1 aliphatic rings. The first-order valence-corrected chi connectivity index (χ1v) is 6.09. The molecule has 4 N–H and O–H groups in total. The second-order valence-electron chi connectivity index (χ2n) is 6.89. The Morgan fingerprint density at radius 1 is 0.941 bits per heavy atom. The maximum atomic E-state index is 10.9. The fraction of sp³-hybridized carbons (Fsp3) is 1.00. The number of aliphatic hydroxyl groups is 2. The van der Waals surface area contributed by atoms with Gasteiger partial charge in [-0.15, -0.1) is 0 Å². The van der Waals surface area contributed by atoms with E-state index < -0.39 is 27.8 Å². The summed E-state index contributed by atoms with van der Waals surface area (Å²) < 4.78 is 6.07. The number of ether oxygens (including phenoxy) is 1. The smallest absolute Gasteiger partial charge is 0.0926 e. The highest BCUT2D eigenvalue weighted by Gasteiger charge is 2.69. The summed E-state index contributed by atoms with van der Waals surface area (Å²) in [5.74, 6) is 0. The minimum atomic E-state index is -1.25. The summed E-state index contributed by atoms with van der Waals surface area (Å²) in [4.78, 5) is 0. The first-order chi connectivity index (χ1) is 7.27. The van der Waals surface area contributed by atoms with Crippen LogP contribution in [0.1, 0.15) is 48.5 Å². The van der Waals surface area contributed by atoms with Crippen LogP contribution in [0.3, 0.4) is 0 Å². The van der Waals surface area contributed by atoms with Crippen molar-refractivity contribution in [3.8, 4) is 0 Å². The molecule has 0 aromatic heterocycles. The molecular formula is C13H27NO3. The summed E-state index contributed by atoms with van der Waals surface area (Å²) >= 11 is 0. The number of nitrogens with two attached hydrogens (primary N) is 1. The van der Waals surface area contributed by atoms with Gasteiger partial charge in [-0.2, -0.15) is 0 Å². The highest BCUT2D eigenvalue weighted by atomic mass is 16.5. The average molecular weight is 245 g/mol. The van der Waals surface area contributed by atoms with E-state index in [1.54, 1.807) is 13.8 Å². The molecule has 1 heterocycles. The lowest BCUT2D eigenvalue weighted by Crippen LogP contribution is -2.83. The molecule has 1 rings (SSSR count). The van der Waals surface area contributed by atoms with Crippen molar-refractivity contribution >= 4 is 0 Å². The van der Waals surface area contributed by atoms with E-state index in [0.29, 0.717) is 0 Å². The van der Waals surface area contributed by atoms with Crippen LogP contribution in [-0.2, 0) is 4.74 Å². The van der Waals surface area contributed by atoms with Crippen molar-refractivity contribution in [1.29, 1.82) is 0 Å². The molecule has 0 radical (unpaired) electrons. The van der Waals surface area contributed by atoms with E-state index in [1.165, 1.54) is 0 Å². The summed E-state index contributed by atoms with van der Waals surface area (Å²) in [6.45, 7) is 12.6. The largest absolute Gasteiger partial charge is 0.396 e. The summed E-state index contributed by atoms with van der Waals surface area (Å²) in [6.07, 6.45) is 0. The van der Waals surface area contributed by atoms with Gasteiger partial charge in [0.15, 0.2) is 0 Å². The zero-order chi connectivity index (χ0) is 13.9. The Morgan fingerprint density at radius 2 is 1.35 bits per heavy atom. The van der Waals surface area contributed by atoms with E-state index in [2.05, 4.69) is 0 Å². The lowest BCUT2D eigenvalue weighted by molar-refractivity contribution is -0.334. The molecule has 3 atom stereocenters. The van der Waals surface area contributed by atoms with Gasteiger partial charge >= 0.3 is 0 Å². The van der Waals surface area contributed by atoms with E-state index in [0.717, 1.165) is 0 Å². The molecule has 0 amide bonds. The highest BCUT2D eigenvalue weighted by Crippen LogP contribution is 2.56. The second kappa shape index (κ2) is 3.44. The predicted molar refractivity (Wildman–Crippen MR) is 67.7 cm³/mol. The van der Waals surface area contributed by atoms with Crippen LogP contribution in [0.5, 0.6) is 0 Å². The van der Waals surface area contributed by atoms with Crippen LogP contribution in [0.25, 0.3) is 0 Å². The van der Waals surface area contributed by atoms with E-state index in [-0.39, 0.29) is 6.61 Å². The van der Waals surface area contributed by atoms with Crippen LogP contribution in [-0.4, -0.2) is 39.2 Å². The molecule has 0 aromatic rings. The fourth-order valence-corrected chi connectivity index (χ4v) is 2.95. The normalized spacial score (nSPS) is 49.1. The van der Waals surface area contributed by atoms with Crippen molar-refractivity contribution in [1.82, 2.24) is 0 Å². The molecular weight excluding hydrogens is 218 g/mol. The monoisotopic (exact) mass is 245 g/mol. The quantitative estimate of drug-likeness (QED) is 0.645. The van der Waals surface area contributed by atoms with Crippen molar-refractivity contribution in [3.05, 3.63) is 0 Å². The number of rotatable bonds is 1. The molecule has 4 nitrogen and oxygen atoms in total. The maximum absolute atomic E-state index is 10.9. The lowest BCUT2D eigenvalue weighted by atomic mass is 9.52. The Bertz CT molecular complexity index is 321. The number of hydrogen-bond donors (Lipinski definition) is 3. The van der Waals surface area contributed by atoms with Crippen LogP contribution in [0.4, 0.5) is 0 Å². The molecule has 4 heteroatoms. The molecule has 102 valence electrons. The maximum Gasteiger partial charge on any atom is 0.0926 e. The minimum Gasteiger partial charge on any atom is -0.396 e. The topological polar surface area (TPSA) is 75.7 Å². The van der Waals surface area contributed by atoms with Crippen molar-refractivity contribution in [2.24, 2.45) is 11.1 Å². The van der Waals surface area contributed by atoms with Gasteiger partial charge in [0.2, 0.25) is 0 Å².